The number of rotatable bonds is 2. The standard InChI is InChI=1S/C8H12O3/c1-6-8(10-3)7(9-2)4-5-11-6/h4-6H,1-3H3/t6-/m0/s1. The van der Waals surface area contributed by atoms with Crippen molar-refractivity contribution < 1.29 is 14.2 Å². The van der Waals surface area contributed by atoms with Gasteiger partial charge in [0.15, 0.2) is 17.6 Å². The predicted molar refractivity (Wildman–Crippen MR) is 40.7 cm³/mol. The summed E-state index contributed by atoms with van der Waals surface area (Å²) in [5.74, 6) is 1.46. The lowest BCUT2D eigenvalue weighted by Crippen LogP contribution is -2.15. The second kappa shape index (κ2) is 3.32. The summed E-state index contributed by atoms with van der Waals surface area (Å²) < 4.78 is 15.3. The molecule has 3 heteroatoms. The number of hydrogen-bond acceptors (Lipinski definition) is 3. The maximum Gasteiger partial charge on any atom is 0.178 e. The van der Waals surface area contributed by atoms with Crippen LogP contribution in [0.5, 0.6) is 0 Å². The van der Waals surface area contributed by atoms with Crippen molar-refractivity contribution in [1.29, 1.82) is 0 Å². The Bertz CT molecular complexity index is 194. The number of methoxy groups -OCH3 is 2. The van der Waals surface area contributed by atoms with E-state index in [1.807, 2.05) is 6.92 Å². The molecule has 0 aromatic heterocycles. The molecule has 0 radical (unpaired) electrons. The van der Waals surface area contributed by atoms with E-state index in [-0.39, 0.29) is 6.10 Å². The van der Waals surface area contributed by atoms with E-state index >= 15 is 0 Å². The zero-order valence-electron chi connectivity index (χ0n) is 6.96. The third kappa shape index (κ3) is 1.48. The predicted octanol–water partition coefficient (Wildman–Crippen LogP) is 1.42. The average Bonchev–Trinajstić information content (AvgIpc) is 2.04. The van der Waals surface area contributed by atoms with Crippen LogP contribution in [-0.2, 0) is 14.2 Å². The summed E-state index contributed by atoms with van der Waals surface area (Å²) in [6, 6.07) is 0. The average molecular weight is 156 g/mol. The van der Waals surface area contributed by atoms with Crippen molar-refractivity contribution in [2.75, 3.05) is 14.2 Å². The molecule has 0 fully saturated rings. The van der Waals surface area contributed by atoms with Gasteiger partial charge in [-0.2, -0.15) is 0 Å². The van der Waals surface area contributed by atoms with Gasteiger partial charge in [-0.15, -0.1) is 0 Å². The molecule has 1 heterocycles. The zero-order chi connectivity index (χ0) is 8.27. The summed E-state index contributed by atoms with van der Waals surface area (Å²) in [4.78, 5) is 0. The van der Waals surface area contributed by atoms with Gasteiger partial charge in [-0.1, -0.05) is 0 Å². The smallest absolute Gasteiger partial charge is 0.178 e. The highest BCUT2D eigenvalue weighted by Crippen LogP contribution is 2.19. The summed E-state index contributed by atoms with van der Waals surface area (Å²) in [5, 5.41) is 0. The Balaban J connectivity index is 2.86. The van der Waals surface area contributed by atoms with E-state index in [9.17, 15) is 0 Å². The quantitative estimate of drug-likeness (QED) is 0.605. The second-order valence-electron chi connectivity index (χ2n) is 2.22. The first kappa shape index (κ1) is 7.98. The number of allylic oxidation sites excluding steroid dienone is 1. The van der Waals surface area contributed by atoms with Gasteiger partial charge in [0.05, 0.1) is 20.5 Å². The fraction of sp³-hybridized carbons (Fsp3) is 0.500. The van der Waals surface area contributed by atoms with Gasteiger partial charge < -0.3 is 14.2 Å². The molecule has 1 rings (SSSR count). The van der Waals surface area contributed by atoms with Crippen LogP contribution < -0.4 is 0 Å². The molecule has 1 aliphatic rings. The molecule has 11 heavy (non-hydrogen) atoms. The Hall–Kier alpha value is -1.12. The van der Waals surface area contributed by atoms with E-state index in [0.29, 0.717) is 0 Å². The molecule has 0 N–H and O–H groups in total. The fourth-order valence-electron chi connectivity index (χ4n) is 0.998. The maximum atomic E-state index is 5.17. The molecule has 0 aromatic rings. The molecule has 1 aliphatic heterocycles. The van der Waals surface area contributed by atoms with Crippen LogP contribution in [0.25, 0.3) is 0 Å². The van der Waals surface area contributed by atoms with Crippen LogP contribution >= 0.6 is 0 Å². The molecule has 0 saturated carbocycles. The molecule has 1 atom stereocenters. The molecule has 0 saturated heterocycles. The monoisotopic (exact) mass is 156 g/mol. The summed E-state index contributed by atoms with van der Waals surface area (Å²) in [5.41, 5.74) is 0. The van der Waals surface area contributed by atoms with Gasteiger partial charge in [0.2, 0.25) is 0 Å². The first-order chi connectivity index (χ1) is 5.29. The lowest BCUT2D eigenvalue weighted by molar-refractivity contribution is 0.0961. The van der Waals surface area contributed by atoms with E-state index in [1.165, 1.54) is 0 Å². The Kier molecular flexibility index (Phi) is 2.41. The first-order valence-electron chi connectivity index (χ1n) is 3.43. The van der Waals surface area contributed by atoms with Gasteiger partial charge in [-0.25, -0.2) is 0 Å². The van der Waals surface area contributed by atoms with Gasteiger partial charge in [0.1, 0.15) is 0 Å². The molecular weight excluding hydrogens is 144 g/mol. The van der Waals surface area contributed by atoms with E-state index in [1.54, 1.807) is 26.6 Å². The van der Waals surface area contributed by atoms with Crippen molar-refractivity contribution in [3.63, 3.8) is 0 Å². The van der Waals surface area contributed by atoms with Crippen LogP contribution in [0.2, 0.25) is 0 Å². The minimum atomic E-state index is -0.0556. The molecule has 0 aliphatic carbocycles. The maximum absolute atomic E-state index is 5.17. The fourth-order valence-corrected chi connectivity index (χ4v) is 0.998. The molecular formula is C8H12O3. The van der Waals surface area contributed by atoms with Crippen LogP contribution in [0.1, 0.15) is 6.92 Å². The van der Waals surface area contributed by atoms with Crippen LogP contribution in [0.15, 0.2) is 23.9 Å². The molecule has 0 amide bonds. The molecule has 0 unspecified atom stereocenters. The molecule has 62 valence electrons. The molecule has 0 aromatic carbocycles. The van der Waals surface area contributed by atoms with E-state index in [4.69, 9.17) is 14.2 Å². The SMILES string of the molecule is COC1=C(OC)[C@H](C)OC=C1. The normalized spacial score (nSPS) is 23.0. The van der Waals surface area contributed by atoms with Crippen molar-refractivity contribution in [2.24, 2.45) is 0 Å². The summed E-state index contributed by atoms with van der Waals surface area (Å²) in [6.45, 7) is 1.90. The highest BCUT2D eigenvalue weighted by Gasteiger charge is 2.18. The number of hydrogen-bond donors (Lipinski definition) is 0. The van der Waals surface area contributed by atoms with Crippen LogP contribution in [-0.4, -0.2) is 20.3 Å². The third-order valence-corrected chi connectivity index (χ3v) is 1.55. The molecule has 3 nitrogen and oxygen atoms in total. The summed E-state index contributed by atoms with van der Waals surface area (Å²) in [7, 11) is 3.21. The zero-order valence-corrected chi connectivity index (χ0v) is 6.96. The van der Waals surface area contributed by atoms with Crippen molar-refractivity contribution in [1.82, 2.24) is 0 Å². The van der Waals surface area contributed by atoms with Crippen molar-refractivity contribution in [2.45, 2.75) is 13.0 Å². The lowest BCUT2D eigenvalue weighted by Gasteiger charge is -2.20. The molecule has 0 spiro atoms. The topological polar surface area (TPSA) is 27.7 Å². The van der Waals surface area contributed by atoms with Crippen LogP contribution in [0, 0.1) is 0 Å². The second-order valence-corrected chi connectivity index (χ2v) is 2.22. The van der Waals surface area contributed by atoms with Crippen LogP contribution in [0.4, 0.5) is 0 Å². The largest absolute Gasteiger partial charge is 0.493 e. The lowest BCUT2D eigenvalue weighted by atomic mass is 10.2. The highest BCUT2D eigenvalue weighted by molar-refractivity contribution is 5.20. The molecule has 0 bridgehead atoms. The van der Waals surface area contributed by atoms with Gasteiger partial charge in [0.25, 0.3) is 0 Å². The Morgan fingerprint density at radius 1 is 1.36 bits per heavy atom. The Morgan fingerprint density at radius 2 is 2.09 bits per heavy atom. The summed E-state index contributed by atoms with van der Waals surface area (Å²) >= 11 is 0. The highest BCUT2D eigenvalue weighted by atomic mass is 16.5. The van der Waals surface area contributed by atoms with Crippen LogP contribution in [0.3, 0.4) is 0 Å². The minimum Gasteiger partial charge on any atom is -0.493 e. The van der Waals surface area contributed by atoms with Gasteiger partial charge in [-0.3, -0.25) is 0 Å². The minimum absolute atomic E-state index is 0.0556. The van der Waals surface area contributed by atoms with Gasteiger partial charge >= 0.3 is 0 Å². The van der Waals surface area contributed by atoms with Crippen molar-refractivity contribution >= 4 is 0 Å². The van der Waals surface area contributed by atoms with E-state index in [0.717, 1.165) is 11.5 Å². The Morgan fingerprint density at radius 3 is 2.55 bits per heavy atom. The van der Waals surface area contributed by atoms with Gasteiger partial charge in [-0.05, 0) is 6.92 Å². The van der Waals surface area contributed by atoms with E-state index in [2.05, 4.69) is 0 Å². The third-order valence-electron chi connectivity index (χ3n) is 1.55. The number of ether oxygens (including phenoxy) is 3. The first-order valence-corrected chi connectivity index (χ1v) is 3.43. The van der Waals surface area contributed by atoms with Gasteiger partial charge in [0, 0.05) is 6.08 Å². The van der Waals surface area contributed by atoms with Crippen molar-refractivity contribution in [3.8, 4) is 0 Å². The van der Waals surface area contributed by atoms with E-state index < -0.39 is 0 Å². The Labute approximate surface area is 66.2 Å². The summed E-state index contributed by atoms with van der Waals surface area (Å²) in [6.07, 6.45) is 3.28. The van der Waals surface area contributed by atoms with Crippen molar-refractivity contribution in [3.05, 3.63) is 23.9 Å².